The predicted molar refractivity (Wildman–Crippen MR) is 142 cm³/mol. The fourth-order valence-electron chi connectivity index (χ4n) is 4.37. The molecule has 9 heteroatoms. The highest BCUT2D eigenvalue weighted by Crippen LogP contribution is 2.44. The lowest BCUT2D eigenvalue weighted by atomic mass is 9.98. The Morgan fingerprint density at radius 3 is 2.11 bits per heavy atom. The molecule has 1 aliphatic carbocycles. The molecule has 0 aliphatic heterocycles. The minimum atomic E-state index is -0.943. The molecule has 0 fully saturated rings. The van der Waals surface area contributed by atoms with Gasteiger partial charge in [-0.2, -0.15) is 0 Å². The summed E-state index contributed by atoms with van der Waals surface area (Å²) in [5.74, 6) is -1.75. The topological polar surface area (TPSA) is 123 Å². The van der Waals surface area contributed by atoms with E-state index in [0.717, 1.165) is 22.3 Å². The SMILES string of the molecule is CCOC(=O)CNC(=O)c1ccccc1NC(=O)[C@H](C)NC(=O)OCC1c2ccccc2-c2ccccc21. The quantitative estimate of drug-likeness (QED) is 0.372. The first-order valence-electron chi connectivity index (χ1n) is 12.3. The molecular formula is C29H29N3O6. The van der Waals surface area contributed by atoms with Crippen LogP contribution in [-0.2, 0) is 19.1 Å². The van der Waals surface area contributed by atoms with E-state index >= 15 is 0 Å². The van der Waals surface area contributed by atoms with Crippen molar-refractivity contribution in [2.75, 3.05) is 25.1 Å². The van der Waals surface area contributed by atoms with E-state index in [9.17, 15) is 19.2 Å². The highest BCUT2D eigenvalue weighted by Gasteiger charge is 2.29. The van der Waals surface area contributed by atoms with Gasteiger partial charge in [-0.25, -0.2) is 4.79 Å². The number of esters is 1. The number of anilines is 1. The number of alkyl carbamates (subject to hydrolysis) is 1. The molecule has 1 atom stereocenters. The lowest BCUT2D eigenvalue weighted by molar-refractivity contribution is -0.141. The van der Waals surface area contributed by atoms with Crippen LogP contribution in [0.4, 0.5) is 10.5 Å². The van der Waals surface area contributed by atoms with E-state index in [0.29, 0.717) is 0 Å². The number of fused-ring (bicyclic) bond motifs is 3. The number of hydrogen-bond acceptors (Lipinski definition) is 6. The van der Waals surface area contributed by atoms with Gasteiger partial charge in [-0.1, -0.05) is 60.7 Å². The van der Waals surface area contributed by atoms with E-state index in [1.807, 2.05) is 36.4 Å². The van der Waals surface area contributed by atoms with Crippen molar-refractivity contribution < 1.29 is 28.7 Å². The third kappa shape index (κ3) is 6.00. The Kier molecular flexibility index (Phi) is 8.37. The maximum atomic E-state index is 12.8. The van der Waals surface area contributed by atoms with Crippen LogP contribution in [0.15, 0.2) is 72.8 Å². The first-order valence-corrected chi connectivity index (χ1v) is 12.3. The van der Waals surface area contributed by atoms with Gasteiger partial charge in [-0.05, 0) is 48.2 Å². The number of para-hydroxylation sites is 1. The van der Waals surface area contributed by atoms with Crippen molar-refractivity contribution in [2.45, 2.75) is 25.8 Å². The third-order valence-electron chi connectivity index (χ3n) is 6.20. The Labute approximate surface area is 220 Å². The molecule has 4 rings (SSSR count). The van der Waals surface area contributed by atoms with Gasteiger partial charge in [0.1, 0.15) is 19.2 Å². The van der Waals surface area contributed by atoms with E-state index < -0.39 is 29.9 Å². The normalized spacial score (nSPS) is 12.5. The molecule has 1 aliphatic rings. The molecule has 196 valence electrons. The Morgan fingerprint density at radius 2 is 1.45 bits per heavy atom. The number of carbonyl (C=O) groups excluding carboxylic acids is 4. The van der Waals surface area contributed by atoms with E-state index in [1.54, 1.807) is 25.1 Å². The van der Waals surface area contributed by atoms with Crippen molar-refractivity contribution in [3.63, 3.8) is 0 Å². The number of benzene rings is 3. The second-order valence-corrected chi connectivity index (χ2v) is 8.71. The average Bonchev–Trinajstić information content (AvgIpc) is 3.24. The number of ether oxygens (including phenoxy) is 2. The Balaban J connectivity index is 1.33. The number of rotatable bonds is 9. The smallest absolute Gasteiger partial charge is 0.407 e. The van der Waals surface area contributed by atoms with Crippen molar-refractivity contribution in [1.29, 1.82) is 0 Å². The fourth-order valence-corrected chi connectivity index (χ4v) is 4.37. The van der Waals surface area contributed by atoms with Crippen LogP contribution < -0.4 is 16.0 Å². The second-order valence-electron chi connectivity index (χ2n) is 8.71. The summed E-state index contributed by atoms with van der Waals surface area (Å²) < 4.78 is 10.3. The van der Waals surface area contributed by atoms with Gasteiger partial charge in [0.2, 0.25) is 5.91 Å². The standard InChI is InChI=1S/C29H29N3O6/c1-3-37-26(33)16-30-28(35)23-14-8-9-15-25(23)32-27(34)18(2)31-29(36)38-17-24-21-12-6-4-10-19(21)20-11-5-7-13-22(20)24/h4-15,18,24H,3,16-17H2,1-2H3,(H,30,35)(H,31,36)(H,32,34)/t18-/m0/s1. The monoisotopic (exact) mass is 515 g/mol. The predicted octanol–water partition coefficient (Wildman–Crippen LogP) is 3.85. The van der Waals surface area contributed by atoms with Crippen LogP contribution in [0, 0.1) is 0 Å². The first-order chi connectivity index (χ1) is 18.4. The molecule has 38 heavy (non-hydrogen) atoms. The van der Waals surface area contributed by atoms with Crippen LogP contribution in [0.2, 0.25) is 0 Å². The van der Waals surface area contributed by atoms with Gasteiger partial charge in [0.05, 0.1) is 17.9 Å². The molecule has 0 saturated carbocycles. The molecule has 3 N–H and O–H groups in total. The average molecular weight is 516 g/mol. The third-order valence-corrected chi connectivity index (χ3v) is 6.20. The lowest BCUT2D eigenvalue weighted by Crippen LogP contribution is -2.42. The van der Waals surface area contributed by atoms with Crippen molar-refractivity contribution >= 4 is 29.6 Å². The summed E-state index contributed by atoms with van der Waals surface area (Å²) in [5.41, 5.74) is 4.82. The van der Waals surface area contributed by atoms with Crippen molar-refractivity contribution in [3.05, 3.63) is 89.5 Å². The van der Waals surface area contributed by atoms with E-state index in [2.05, 4.69) is 28.1 Å². The molecule has 0 heterocycles. The minimum absolute atomic E-state index is 0.0997. The molecule has 0 saturated heterocycles. The van der Waals surface area contributed by atoms with Gasteiger partial charge in [0.25, 0.3) is 5.91 Å². The van der Waals surface area contributed by atoms with Crippen LogP contribution >= 0.6 is 0 Å². The highest BCUT2D eigenvalue weighted by molar-refractivity contribution is 6.05. The van der Waals surface area contributed by atoms with Gasteiger partial charge in [0, 0.05) is 5.92 Å². The molecule has 9 nitrogen and oxygen atoms in total. The van der Waals surface area contributed by atoms with Crippen molar-refractivity contribution in [2.24, 2.45) is 0 Å². The molecule has 3 amide bonds. The zero-order chi connectivity index (χ0) is 27.1. The highest BCUT2D eigenvalue weighted by atomic mass is 16.5. The maximum Gasteiger partial charge on any atom is 0.407 e. The van der Waals surface area contributed by atoms with Crippen LogP contribution in [-0.4, -0.2) is 49.7 Å². The molecule has 0 radical (unpaired) electrons. The van der Waals surface area contributed by atoms with Gasteiger partial charge < -0.3 is 25.4 Å². The maximum absolute atomic E-state index is 12.8. The van der Waals surface area contributed by atoms with Crippen molar-refractivity contribution in [1.82, 2.24) is 10.6 Å². The zero-order valence-electron chi connectivity index (χ0n) is 21.2. The van der Waals surface area contributed by atoms with Crippen LogP contribution in [0.5, 0.6) is 0 Å². The summed E-state index contributed by atoms with van der Waals surface area (Å²) >= 11 is 0. The van der Waals surface area contributed by atoms with Crippen LogP contribution in [0.3, 0.4) is 0 Å². The minimum Gasteiger partial charge on any atom is -0.465 e. The van der Waals surface area contributed by atoms with Gasteiger partial charge >= 0.3 is 12.1 Å². The lowest BCUT2D eigenvalue weighted by Gasteiger charge is -2.18. The van der Waals surface area contributed by atoms with Crippen LogP contribution in [0.1, 0.15) is 41.3 Å². The molecular weight excluding hydrogens is 486 g/mol. The summed E-state index contributed by atoms with van der Waals surface area (Å²) in [6.07, 6.45) is -0.727. The van der Waals surface area contributed by atoms with Crippen molar-refractivity contribution in [3.8, 4) is 11.1 Å². The first kappa shape index (κ1) is 26.4. The Hall–Kier alpha value is -4.66. The molecule has 0 aromatic heterocycles. The molecule has 0 unspecified atom stereocenters. The Bertz CT molecular complexity index is 1310. The van der Waals surface area contributed by atoms with Gasteiger partial charge in [-0.15, -0.1) is 0 Å². The molecule has 3 aromatic rings. The fraction of sp³-hybridized carbons (Fsp3) is 0.241. The number of nitrogens with one attached hydrogen (secondary N) is 3. The van der Waals surface area contributed by atoms with Crippen LogP contribution in [0.25, 0.3) is 11.1 Å². The molecule has 0 spiro atoms. The summed E-state index contributed by atoms with van der Waals surface area (Å²) in [6.45, 7) is 3.21. The molecule has 0 bridgehead atoms. The summed E-state index contributed by atoms with van der Waals surface area (Å²) in [4.78, 5) is 49.4. The second kappa shape index (κ2) is 12.1. The van der Waals surface area contributed by atoms with E-state index in [1.165, 1.54) is 13.0 Å². The van der Waals surface area contributed by atoms with E-state index in [4.69, 9.17) is 9.47 Å². The number of amides is 3. The summed E-state index contributed by atoms with van der Waals surface area (Å²) in [6, 6.07) is 21.4. The van der Waals surface area contributed by atoms with E-state index in [-0.39, 0.29) is 36.9 Å². The summed E-state index contributed by atoms with van der Waals surface area (Å²) in [7, 11) is 0. The van der Waals surface area contributed by atoms with Gasteiger partial charge in [-0.3, -0.25) is 14.4 Å². The summed E-state index contributed by atoms with van der Waals surface area (Å²) in [5, 5.41) is 7.65. The van der Waals surface area contributed by atoms with Gasteiger partial charge in [0.15, 0.2) is 0 Å². The number of carbonyl (C=O) groups is 4. The zero-order valence-corrected chi connectivity index (χ0v) is 21.2. The number of hydrogen-bond donors (Lipinski definition) is 3. The largest absolute Gasteiger partial charge is 0.465 e. The molecule has 3 aromatic carbocycles. The Morgan fingerprint density at radius 1 is 0.842 bits per heavy atom.